The minimum absolute atomic E-state index is 0.0815. The summed E-state index contributed by atoms with van der Waals surface area (Å²) in [5.41, 5.74) is 5.64. The molecule has 0 radical (unpaired) electrons. The molecule has 5 rings (SSSR count). The van der Waals surface area contributed by atoms with Gasteiger partial charge in [-0.1, -0.05) is 101 Å². The topological polar surface area (TPSA) is 82.5 Å². The lowest BCUT2D eigenvalue weighted by molar-refractivity contribution is -0.136. The highest BCUT2D eigenvalue weighted by molar-refractivity contribution is 7.19. The summed E-state index contributed by atoms with van der Waals surface area (Å²) < 4.78 is 0. The lowest BCUT2D eigenvalue weighted by atomic mass is 10.1. The van der Waals surface area contributed by atoms with Crippen LogP contribution in [0.3, 0.4) is 0 Å². The van der Waals surface area contributed by atoms with Gasteiger partial charge in [0, 0.05) is 40.8 Å². The maximum atomic E-state index is 12.5. The summed E-state index contributed by atoms with van der Waals surface area (Å²) in [5.74, 6) is -1.25. The number of nitrogens with one attached hydrogen (secondary N) is 1. The number of hydrogen-bond acceptors (Lipinski definition) is 5. The van der Waals surface area contributed by atoms with Crippen molar-refractivity contribution in [3.05, 3.63) is 130 Å². The van der Waals surface area contributed by atoms with Crippen molar-refractivity contribution in [1.29, 1.82) is 0 Å². The molecule has 0 saturated carbocycles. The third-order valence-electron chi connectivity index (χ3n) is 6.84. The molecule has 1 amide bonds. The van der Waals surface area contributed by atoms with Crippen molar-refractivity contribution in [2.45, 2.75) is 19.4 Å². The molecule has 218 valence electrons. The highest BCUT2D eigenvalue weighted by atomic mass is 35.5. The molecule has 1 heterocycles. The Kier molecular flexibility index (Phi) is 10.1. The van der Waals surface area contributed by atoms with Crippen LogP contribution in [0.15, 0.2) is 103 Å². The SMILES string of the molecule is O=C(O)CCNC(=O)c1ccc(CN(CCc2ccc(Cl)cc2)c2nc(-c3ccc(Cl)cc3)c(-c3ccccc3)s2)cc1. The molecule has 2 N–H and O–H groups in total. The number of carbonyl (C=O) groups excluding carboxylic acids is 1. The molecule has 0 saturated heterocycles. The molecule has 0 atom stereocenters. The number of carboxylic acids is 1. The summed E-state index contributed by atoms with van der Waals surface area (Å²) in [7, 11) is 0. The van der Waals surface area contributed by atoms with Crippen LogP contribution in [-0.4, -0.2) is 35.1 Å². The molecule has 0 fully saturated rings. The Morgan fingerprint density at radius 1 is 0.791 bits per heavy atom. The van der Waals surface area contributed by atoms with Gasteiger partial charge in [0.2, 0.25) is 0 Å². The predicted molar refractivity (Wildman–Crippen MR) is 175 cm³/mol. The zero-order valence-electron chi connectivity index (χ0n) is 23.2. The first-order valence-corrected chi connectivity index (χ1v) is 15.3. The Labute approximate surface area is 264 Å². The predicted octanol–water partition coefficient (Wildman–Crippen LogP) is 8.24. The van der Waals surface area contributed by atoms with Crippen molar-refractivity contribution in [3.63, 3.8) is 0 Å². The van der Waals surface area contributed by atoms with E-state index in [1.165, 1.54) is 5.56 Å². The largest absolute Gasteiger partial charge is 0.481 e. The Bertz CT molecular complexity index is 1670. The monoisotopic (exact) mass is 629 g/mol. The van der Waals surface area contributed by atoms with E-state index in [1.807, 2.05) is 78.9 Å². The van der Waals surface area contributed by atoms with E-state index in [2.05, 4.69) is 22.3 Å². The summed E-state index contributed by atoms with van der Waals surface area (Å²) >= 11 is 14.0. The molecule has 6 nitrogen and oxygen atoms in total. The third kappa shape index (κ3) is 8.23. The highest BCUT2D eigenvalue weighted by Gasteiger charge is 2.20. The number of aliphatic carboxylic acids is 1. The van der Waals surface area contributed by atoms with E-state index in [1.54, 1.807) is 23.5 Å². The van der Waals surface area contributed by atoms with Crippen molar-refractivity contribution in [2.24, 2.45) is 0 Å². The van der Waals surface area contributed by atoms with Gasteiger partial charge in [-0.05, 0) is 59.5 Å². The summed E-state index contributed by atoms with van der Waals surface area (Å²) in [6.45, 7) is 1.37. The molecule has 5 aromatic rings. The van der Waals surface area contributed by atoms with Crippen molar-refractivity contribution >= 4 is 51.5 Å². The van der Waals surface area contributed by atoms with Crippen LogP contribution in [0.2, 0.25) is 10.0 Å². The van der Waals surface area contributed by atoms with Gasteiger partial charge in [0.15, 0.2) is 5.13 Å². The molecule has 0 unspecified atom stereocenters. The summed E-state index contributed by atoms with van der Waals surface area (Å²) in [6.07, 6.45) is 0.668. The molecule has 1 aromatic heterocycles. The number of halogens is 2. The molecule has 0 bridgehead atoms. The second-order valence-electron chi connectivity index (χ2n) is 9.94. The molecule has 0 aliphatic rings. The quantitative estimate of drug-likeness (QED) is 0.145. The molecule has 0 aliphatic heterocycles. The Hall–Kier alpha value is -4.17. The summed E-state index contributed by atoms with van der Waals surface area (Å²) in [5, 5.41) is 13.7. The summed E-state index contributed by atoms with van der Waals surface area (Å²) in [6, 6.07) is 33.2. The van der Waals surface area contributed by atoms with Crippen molar-refractivity contribution in [1.82, 2.24) is 10.3 Å². The normalized spacial score (nSPS) is 10.8. The molecule has 4 aromatic carbocycles. The first kappa shape index (κ1) is 30.3. The number of benzene rings is 4. The molecular formula is C34H29Cl2N3O3S. The average Bonchev–Trinajstić information content (AvgIpc) is 3.46. The van der Waals surface area contributed by atoms with Gasteiger partial charge in [-0.2, -0.15) is 0 Å². The van der Waals surface area contributed by atoms with E-state index in [0.717, 1.165) is 38.8 Å². The number of aromatic nitrogens is 1. The van der Waals surface area contributed by atoms with E-state index < -0.39 is 5.97 Å². The Balaban J connectivity index is 1.45. The number of amides is 1. The second kappa shape index (κ2) is 14.3. The number of rotatable bonds is 12. The van der Waals surface area contributed by atoms with Crippen LogP contribution in [0.5, 0.6) is 0 Å². The lowest BCUT2D eigenvalue weighted by Gasteiger charge is -2.22. The van der Waals surface area contributed by atoms with Gasteiger partial charge in [-0.15, -0.1) is 0 Å². The zero-order chi connectivity index (χ0) is 30.2. The number of carbonyl (C=O) groups is 2. The fourth-order valence-corrected chi connectivity index (χ4v) is 5.93. The van der Waals surface area contributed by atoms with Crippen LogP contribution < -0.4 is 10.2 Å². The number of thiazole rings is 1. The van der Waals surface area contributed by atoms with Gasteiger partial charge in [-0.25, -0.2) is 4.98 Å². The highest BCUT2D eigenvalue weighted by Crippen LogP contribution is 2.41. The maximum absolute atomic E-state index is 12.5. The molecule has 0 aliphatic carbocycles. The number of anilines is 1. The van der Waals surface area contributed by atoms with E-state index in [0.29, 0.717) is 28.7 Å². The first-order valence-electron chi connectivity index (χ1n) is 13.8. The minimum atomic E-state index is -0.953. The van der Waals surface area contributed by atoms with Crippen LogP contribution in [0, 0.1) is 0 Å². The fraction of sp³-hybridized carbons (Fsp3) is 0.147. The van der Waals surface area contributed by atoms with Crippen molar-refractivity contribution < 1.29 is 14.7 Å². The van der Waals surface area contributed by atoms with E-state index in [9.17, 15) is 9.59 Å². The standard InChI is InChI=1S/C34H29Cl2N3O3S/c35-28-14-8-23(9-15-28)19-21-39(22-24-6-10-27(11-7-24)33(42)37-20-18-30(40)41)34-38-31(25-12-16-29(36)17-13-25)32(43-34)26-4-2-1-3-5-26/h1-17H,18-22H2,(H,37,42)(H,40,41). The van der Waals surface area contributed by atoms with Crippen molar-refractivity contribution in [3.8, 4) is 21.7 Å². The smallest absolute Gasteiger partial charge is 0.305 e. The zero-order valence-corrected chi connectivity index (χ0v) is 25.5. The molecule has 43 heavy (non-hydrogen) atoms. The van der Waals surface area contributed by atoms with Gasteiger partial charge in [0.05, 0.1) is 17.0 Å². The van der Waals surface area contributed by atoms with Crippen LogP contribution >= 0.6 is 34.5 Å². The number of hydrogen-bond donors (Lipinski definition) is 2. The van der Waals surface area contributed by atoms with E-state index in [-0.39, 0.29) is 18.9 Å². The van der Waals surface area contributed by atoms with Crippen LogP contribution in [-0.2, 0) is 17.8 Å². The number of carboxylic acid groups (broad SMARTS) is 1. The van der Waals surface area contributed by atoms with Crippen LogP contribution in [0.4, 0.5) is 5.13 Å². The number of nitrogens with zero attached hydrogens (tertiary/aromatic N) is 2. The van der Waals surface area contributed by atoms with Crippen LogP contribution in [0.25, 0.3) is 21.7 Å². The fourth-order valence-electron chi connectivity index (χ4n) is 4.56. The van der Waals surface area contributed by atoms with Gasteiger partial charge < -0.3 is 15.3 Å². The third-order valence-corrected chi connectivity index (χ3v) is 8.51. The molecule has 9 heteroatoms. The minimum Gasteiger partial charge on any atom is -0.481 e. The van der Waals surface area contributed by atoms with Gasteiger partial charge in [0.1, 0.15) is 0 Å². The summed E-state index contributed by atoms with van der Waals surface area (Å²) in [4.78, 5) is 31.7. The van der Waals surface area contributed by atoms with Crippen LogP contribution in [0.1, 0.15) is 27.9 Å². The van der Waals surface area contributed by atoms with Crippen molar-refractivity contribution in [2.75, 3.05) is 18.0 Å². The molecule has 0 spiro atoms. The Morgan fingerprint density at radius 2 is 1.42 bits per heavy atom. The van der Waals surface area contributed by atoms with Gasteiger partial charge >= 0.3 is 5.97 Å². The first-order chi connectivity index (χ1) is 20.9. The van der Waals surface area contributed by atoms with Gasteiger partial charge in [0.25, 0.3) is 5.91 Å². The maximum Gasteiger partial charge on any atom is 0.305 e. The van der Waals surface area contributed by atoms with E-state index in [4.69, 9.17) is 33.3 Å². The second-order valence-corrected chi connectivity index (χ2v) is 11.8. The molecular weight excluding hydrogens is 601 g/mol. The average molecular weight is 631 g/mol. The lowest BCUT2D eigenvalue weighted by Crippen LogP contribution is -2.26. The van der Waals surface area contributed by atoms with Gasteiger partial charge in [-0.3, -0.25) is 9.59 Å². The Morgan fingerprint density at radius 3 is 2.07 bits per heavy atom. The van der Waals surface area contributed by atoms with E-state index >= 15 is 0 Å².